The summed E-state index contributed by atoms with van der Waals surface area (Å²) in [5, 5.41) is 11.8. The predicted octanol–water partition coefficient (Wildman–Crippen LogP) is 8.14. The van der Waals surface area contributed by atoms with Gasteiger partial charge in [-0.15, -0.1) is 22.7 Å². The van der Waals surface area contributed by atoms with Gasteiger partial charge in [-0.25, -0.2) is 9.18 Å². The first-order valence-corrected chi connectivity index (χ1v) is 13.7. The summed E-state index contributed by atoms with van der Waals surface area (Å²) < 4.78 is 26.5. The molecular weight excluding hydrogens is 532 g/mol. The van der Waals surface area contributed by atoms with Crippen molar-refractivity contribution >= 4 is 61.4 Å². The Labute approximate surface area is 224 Å². The molecule has 5 aromatic rings. The summed E-state index contributed by atoms with van der Waals surface area (Å²) >= 11 is 4.40. The van der Waals surface area contributed by atoms with Gasteiger partial charge in [0.1, 0.15) is 11.9 Å². The van der Waals surface area contributed by atoms with Crippen molar-refractivity contribution in [3.05, 3.63) is 83.3 Å². The number of carboxylic acids is 1. The minimum atomic E-state index is -1.07. The van der Waals surface area contributed by atoms with E-state index in [1.807, 2.05) is 56.3 Å². The number of amides is 1. The molecule has 10 heteroatoms. The third kappa shape index (κ3) is 5.41. The average molecular weight is 553 g/mol. The number of carboxylic acid groups (broad SMARTS) is 1. The summed E-state index contributed by atoms with van der Waals surface area (Å²) in [5.41, 5.74) is 3.10. The maximum Gasteiger partial charge on any atom is 0.412 e. The number of aliphatic carboxylic acids is 1. The lowest BCUT2D eigenvalue weighted by atomic mass is 10.1. The number of hydrogen-bond donors (Lipinski definition) is 2. The van der Waals surface area contributed by atoms with Crippen molar-refractivity contribution in [2.75, 3.05) is 5.32 Å². The van der Waals surface area contributed by atoms with Gasteiger partial charge in [-0.2, -0.15) is 4.37 Å². The zero-order valence-electron chi connectivity index (χ0n) is 19.8. The zero-order valence-corrected chi connectivity index (χ0v) is 22.2. The Kier molecular flexibility index (Phi) is 7.05. The summed E-state index contributed by atoms with van der Waals surface area (Å²) in [5.74, 6) is -1.59. The van der Waals surface area contributed by atoms with E-state index in [-0.39, 0.29) is 12.0 Å². The van der Waals surface area contributed by atoms with Crippen molar-refractivity contribution in [2.24, 2.45) is 0 Å². The summed E-state index contributed by atoms with van der Waals surface area (Å²) in [4.78, 5) is 26.3. The van der Waals surface area contributed by atoms with E-state index in [1.54, 1.807) is 17.4 Å². The number of anilines is 1. The van der Waals surface area contributed by atoms with Crippen LogP contribution in [-0.2, 0) is 16.0 Å². The SMILES string of the molecule is Cc1nsc(-c2cc3sc(-c4ccc(CC(=O)O)c(F)c4)cc3s2)c1NC(=O)O[C@H](C)c1ccccc1. The fourth-order valence-electron chi connectivity index (χ4n) is 3.87. The molecule has 6 nitrogen and oxygen atoms in total. The number of carbonyl (C=O) groups excluding carboxylic acids is 1. The number of fused-ring (bicyclic) bond motifs is 1. The zero-order chi connectivity index (χ0) is 26.1. The number of rotatable bonds is 7. The number of nitrogens with one attached hydrogen (secondary N) is 1. The molecular formula is C27H21FN2O4S3. The van der Waals surface area contributed by atoms with Gasteiger partial charge in [-0.05, 0) is 60.3 Å². The normalized spacial score (nSPS) is 12.0. The number of aryl methyl sites for hydroxylation is 1. The van der Waals surface area contributed by atoms with Crippen LogP contribution in [0.25, 0.3) is 29.6 Å². The maximum atomic E-state index is 14.4. The highest BCUT2D eigenvalue weighted by Gasteiger charge is 2.20. The number of hydrogen-bond acceptors (Lipinski definition) is 7. The summed E-state index contributed by atoms with van der Waals surface area (Å²) in [7, 11) is 0. The van der Waals surface area contributed by atoms with Crippen molar-refractivity contribution in [3.63, 3.8) is 0 Å². The topological polar surface area (TPSA) is 88.5 Å². The Morgan fingerprint density at radius 2 is 1.76 bits per heavy atom. The van der Waals surface area contributed by atoms with Gasteiger partial charge in [-0.3, -0.25) is 10.1 Å². The van der Waals surface area contributed by atoms with E-state index in [0.717, 1.165) is 29.6 Å². The largest absolute Gasteiger partial charge is 0.481 e. The number of aromatic nitrogens is 1. The van der Waals surface area contributed by atoms with Gasteiger partial charge in [0.25, 0.3) is 0 Å². The highest BCUT2D eigenvalue weighted by molar-refractivity contribution is 7.32. The van der Waals surface area contributed by atoms with E-state index in [0.29, 0.717) is 16.9 Å². The molecule has 0 unspecified atom stereocenters. The number of carbonyl (C=O) groups is 2. The van der Waals surface area contributed by atoms with Crippen LogP contribution < -0.4 is 5.32 Å². The second-order valence-corrected chi connectivity index (χ2v) is 11.3. The smallest absolute Gasteiger partial charge is 0.412 e. The van der Waals surface area contributed by atoms with E-state index < -0.39 is 24.0 Å². The summed E-state index contributed by atoms with van der Waals surface area (Å²) in [6.07, 6.45) is -1.29. The maximum absolute atomic E-state index is 14.4. The van der Waals surface area contributed by atoms with Crippen LogP contribution in [0.3, 0.4) is 0 Å². The van der Waals surface area contributed by atoms with E-state index in [4.69, 9.17) is 9.84 Å². The molecule has 0 fully saturated rings. The molecule has 0 aliphatic rings. The number of thiophene rings is 2. The number of halogens is 1. The molecule has 3 heterocycles. The van der Waals surface area contributed by atoms with Gasteiger partial charge in [-0.1, -0.05) is 42.5 Å². The monoisotopic (exact) mass is 552 g/mol. The molecule has 37 heavy (non-hydrogen) atoms. The average Bonchev–Trinajstić information content (AvgIpc) is 3.54. The fourth-order valence-corrected chi connectivity index (χ4v) is 7.20. The van der Waals surface area contributed by atoms with Crippen LogP contribution in [0.4, 0.5) is 14.9 Å². The third-order valence-corrected chi connectivity index (χ3v) is 9.21. The number of ether oxygens (including phenoxy) is 1. The van der Waals surface area contributed by atoms with Gasteiger partial charge < -0.3 is 9.84 Å². The molecule has 0 aliphatic heterocycles. The highest BCUT2D eigenvalue weighted by atomic mass is 32.1. The molecule has 1 atom stereocenters. The molecule has 188 valence electrons. The Hall–Kier alpha value is -3.60. The Balaban J connectivity index is 1.35. The van der Waals surface area contributed by atoms with E-state index in [2.05, 4.69) is 9.69 Å². The van der Waals surface area contributed by atoms with Gasteiger partial charge >= 0.3 is 12.1 Å². The second-order valence-electron chi connectivity index (χ2n) is 8.38. The van der Waals surface area contributed by atoms with Gasteiger partial charge in [0.15, 0.2) is 0 Å². The van der Waals surface area contributed by atoms with Crippen LogP contribution in [-0.4, -0.2) is 21.5 Å². The van der Waals surface area contributed by atoms with Crippen molar-refractivity contribution in [3.8, 4) is 20.2 Å². The van der Waals surface area contributed by atoms with Crippen molar-refractivity contribution in [1.29, 1.82) is 0 Å². The standard InChI is InChI=1S/C27H21FN2O4S3/c1-14-25(29-27(33)34-15(2)16-6-4-3-5-7-16)26(37-30-14)23-13-22-21(36-23)12-20(35-22)18-9-8-17(11-24(31)32)19(28)10-18/h3-10,12-13,15H,11H2,1-2H3,(H,29,33)(H,31,32)/t15-/m1/s1. The number of nitrogens with zero attached hydrogens (tertiary/aromatic N) is 1. The van der Waals surface area contributed by atoms with E-state index in [1.165, 1.54) is 35.0 Å². The Morgan fingerprint density at radius 1 is 1.05 bits per heavy atom. The molecule has 3 aromatic heterocycles. The van der Waals surface area contributed by atoms with Crippen LogP contribution >= 0.6 is 34.2 Å². The van der Waals surface area contributed by atoms with Crippen LogP contribution in [0.15, 0.2) is 60.7 Å². The quantitative estimate of drug-likeness (QED) is 0.213. The molecule has 0 bridgehead atoms. The molecule has 0 saturated heterocycles. The van der Waals surface area contributed by atoms with Crippen LogP contribution in [0, 0.1) is 12.7 Å². The third-order valence-electron chi connectivity index (χ3n) is 5.75. The Bertz CT molecular complexity index is 1580. The lowest BCUT2D eigenvalue weighted by molar-refractivity contribution is -0.136. The molecule has 0 aliphatic carbocycles. The minimum absolute atomic E-state index is 0.161. The van der Waals surface area contributed by atoms with Gasteiger partial charge in [0.05, 0.1) is 27.6 Å². The van der Waals surface area contributed by atoms with E-state index >= 15 is 0 Å². The minimum Gasteiger partial charge on any atom is -0.481 e. The second kappa shape index (κ2) is 10.4. The van der Waals surface area contributed by atoms with Crippen molar-refractivity contribution in [2.45, 2.75) is 26.4 Å². The van der Waals surface area contributed by atoms with E-state index in [9.17, 15) is 14.0 Å². The van der Waals surface area contributed by atoms with Gasteiger partial charge in [0, 0.05) is 14.3 Å². The molecule has 2 aromatic carbocycles. The Morgan fingerprint density at radius 3 is 2.46 bits per heavy atom. The summed E-state index contributed by atoms with van der Waals surface area (Å²) in [6, 6.07) is 18.2. The first-order chi connectivity index (χ1) is 17.8. The molecule has 2 N–H and O–H groups in total. The molecule has 5 rings (SSSR count). The molecule has 1 amide bonds. The number of benzene rings is 2. The van der Waals surface area contributed by atoms with Crippen LogP contribution in [0.5, 0.6) is 0 Å². The van der Waals surface area contributed by atoms with Crippen molar-refractivity contribution in [1.82, 2.24) is 4.37 Å². The molecule has 0 spiro atoms. The van der Waals surface area contributed by atoms with Crippen molar-refractivity contribution < 1.29 is 23.8 Å². The molecule has 0 saturated carbocycles. The predicted molar refractivity (Wildman–Crippen MR) is 147 cm³/mol. The van der Waals surface area contributed by atoms with Crippen LogP contribution in [0.1, 0.15) is 29.8 Å². The lowest BCUT2D eigenvalue weighted by Gasteiger charge is -2.14. The fraction of sp³-hybridized carbons (Fsp3) is 0.148. The lowest BCUT2D eigenvalue weighted by Crippen LogP contribution is -2.16. The first kappa shape index (κ1) is 25.1. The first-order valence-electron chi connectivity index (χ1n) is 11.3. The summed E-state index contributed by atoms with van der Waals surface area (Å²) in [6.45, 7) is 3.66. The van der Waals surface area contributed by atoms with Crippen LogP contribution in [0.2, 0.25) is 0 Å². The highest BCUT2D eigenvalue weighted by Crippen LogP contribution is 2.45. The molecule has 0 radical (unpaired) electrons. The van der Waals surface area contributed by atoms with Gasteiger partial charge in [0.2, 0.25) is 0 Å².